The van der Waals surface area contributed by atoms with Crippen molar-refractivity contribution in [2.24, 2.45) is 5.73 Å². The molecule has 6 heteroatoms. The molecule has 0 amide bonds. The Morgan fingerprint density at radius 2 is 2.07 bits per heavy atom. The molecule has 0 bridgehead atoms. The molecule has 0 aliphatic heterocycles. The van der Waals surface area contributed by atoms with Crippen LogP contribution in [-0.2, 0) is 5.41 Å². The SMILES string of the molecule is CC(C)(C)c1nnc(SCCN)[nH]c1=O. The molecule has 0 aliphatic carbocycles. The number of hydrogen-bond donors (Lipinski definition) is 2. The van der Waals surface area contributed by atoms with E-state index in [0.717, 1.165) is 5.75 Å². The number of aromatic nitrogens is 3. The topological polar surface area (TPSA) is 84.7 Å². The van der Waals surface area contributed by atoms with Crippen molar-refractivity contribution in [3.63, 3.8) is 0 Å². The van der Waals surface area contributed by atoms with Crippen LogP contribution in [0.25, 0.3) is 0 Å². The van der Waals surface area contributed by atoms with E-state index in [4.69, 9.17) is 5.73 Å². The van der Waals surface area contributed by atoms with Gasteiger partial charge in [-0.25, -0.2) is 0 Å². The molecular formula is C9H16N4OS. The fraction of sp³-hybridized carbons (Fsp3) is 0.667. The van der Waals surface area contributed by atoms with Crippen molar-refractivity contribution in [3.05, 3.63) is 16.0 Å². The second-order valence-corrected chi connectivity index (χ2v) is 5.28. The minimum atomic E-state index is -0.280. The number of hydrogen-bond acceptors (Lipinski definition) is 5. The molecule has 0 aromatic carbocycles. The summed E-state index contributed by atoms with van der Waals surface area (Å²) >= 11 is 1.40. The van der Waals surface area contributed by atoms with Gasteiger partial charge in [0, 0.05) is 17.7 Å². The molecular weight excluding hydrogens is 212 g/mol. The molecule has 0 saturated heterocycles. The summed E-state index contributed by atoms with van der Waals surface area (Å²) < 4.78 is 0. The van der Waals surface area contributed by atoms with E-state index in [1.807, 2.05) is 20.8 Å². The molecule has 5 nitrogen and oxygen atoms in total. The number of nitrogens with zero attached hydrogens (tertiary/aromatic N) is 2. The first-order valence-electron chi connectivity index (χ1n) is 4.75. The van der Waals surface area contributed by atoms with E-state index < -0.39 is 0 Å². The summed E-state index contributed by atoms with van der Waals surface area (Å²) in [6.07, 6.45) is 0. The molecule has 1 aromatic heterocycles. The van der Waals surface area contributed by atoms with E-state index in [0.29, 0.717) is 17.4 Å². The zero-order chi connectivity index (χ0) is 11.5. The molecule has 0 aliphatic rings. The molecule has 15 heavy (non-hydrogen) atoms. The van der Waals surface area contributed by atoms with Crippen LogP contribution >= 0.6 is 11.8 Å². The smallest absolute Gasteiger partial charge is 0.274 e. The summed E-state index contributed by atoms with van der Waals surface area (Å²) in [6, 6.07) is 0. The normalized spacial score (nSPS) is 11.7. The Bertz CT molecular complexity index is 382. The minimum absolute atomic E-state index is 0.169. The number of nitrogens with two attached hydrogens (primary N) is 1. The van der Waals surface area contributed by atoms with Crippen molar-refractivity contribution in [3.8, 4) is 0 Å². The Balaban J connectivity index is 2.94. The number of H-pyrrole nitrogens is 1. The lowest BCUT2D eigenvalue weighted by molar-refractivity contribution is 0.536. The van der Waals surface area contributed by atoms with E-state index in [1.54, 1.807) is 0 Å². The Labute approximate surface area is 92.9 Å². The van der Waals surface area contributed by atoms with Crippen molar-refractivity contribution in [2.75, 3.05) is 12.3 Å². The van der Waals surface area contributed by atoms with Gasteiger partial charge in [0.1, 0.15) is 5.69 Å². The van der Waals surface area contributed by atoms with Gasteiger partial charge >= 0.3 is 0 Å². The zero-order valence-corrected chi connectivity index (χ0v) is 10.0. The molecule has 3 N–H and O–H groups in total. The fourth-order valence-corrected chi connectivity index (χ4v) is 1.61. The molecule has 1 heterocycles. The molecule has 0 unspecified atom stereocenters. The third kappa shape index (κ3) is 3.32. The van der Waals surface area contributed by atoms with Crippen molar-refractivity contribution < 1.29 is 0 Å². The van der Waals surface area contributed by atoms with Gasteiger partial charge in [-0.05, 0) is 0 Å². The molecule has 0 fully saturated rings. The van der Waals surface area contributed by atoms with Gasteiger partial charge in [0.25, 0.3) is 5.56 Å². The highest BCUT2D eigenvalue weighted by Crippen LogP contribution is 2.16. The minimum Gasteiger partial charge on any atom is -0.330 e. The Morgan fingerprint density at radius 1 is 1.40 bits per heavy atom. The molecule has 1 rings (SSSR count). The zero-order valence-electron chi connectivity index (χ0n) is 9.20. The van der Waals surface area contributed by atoms with Crippen molar-refractivity contribution in [1.82, 2.24) is 15.2 Å². The van der Waals surface area contributed by atoms with Crippen molar-refractivity contribution >= 4 is 11.8 Å². The van der Waals surface area contributed by atoms with Crippen LogP contribution in [0.15, 0.2) is 9.95 Å². The van der Waals surface area contributed by atoms with Gasteiger partial charge in [0.15, 0.2) is 5.16 Å². The lowest BCUT2D eigenvalue weighted by Gasteiger charge is -2.15. The summed E-state index contributed by atoms with van der Waals surface area (Å²) in [5.74, 6) is 0.722. The first-order valence-corrected chi connectivity index (χ1v) is 5.74. The predicted molar refractivity (Wildman–Crippen MR) is 61.1 cm³/mol. The molecule has 0 spiro atoms. The van der Waals surface area contributed by atoms with Crippen LogP contribution in [0.5, 0.6) is 0 Å². The van der Waals surface area contributed by atoms with E-state index in [9.17, 15) is 4.79 Å². The van der Waals surface area contributed by atoms with Gasteiger partial charge in [-0.2, -0.15) is 0 Å². The Hall–Kier alpha value is -0.880. The number of aromatic amines is 1. The third-order valence-corrected chi connectivity index (χ3v) is 2.64. The van der Waals surface area contributed by atoms with Gasteiger partial charge in [0.05, 0.1) is 0 Å². The highest BCUT2D eigenvalue weighted by molar-refractivity contribution is 7.99. The van der Waals surface area contributed by atoms with Gasteiger partial charge in [0.2, 0.25) is 0 Å². The monoisotopic (exact) mass is 228 g/mol. The molecule has 0 saturated carbocycles. The van der Waals surface area contributed by atoms with E-state index in [1.165, 1.54) is 11.8 Å². The third-order valence-electron chi connectivity index (χ3n) is 1.74. The van der Waals surface area contributed by atoms with Crippen LogP contribution in [0.1, 0.15) is 26.5 Å². The standard InChI is InChI=1S/C9H16N4OS/c1-9(2,3)6-7(14)11-8(13-12-6)15-5-4-10/h4-5,10H2,1-3H3,(H,11,13,14). The van der Waals surface area contributed by atoms with Crippen LogP contribution in [0, 0.1) is 0 Å². The lowest BCUT2D eigenvalue weighted by Crippen LogP contribution is -2.28. The van der Waals surface area contributed by atoms with Crippen LogP contribution in [0.2, 0.25) is 0 Å². The van der Waals surface area contributed by atoms with Gasteiger partial charge in [-0.1, -0.05) is 32.5 Å². The molecule has 84 valence electrons. The maximum absolute atomic E-state index is 11.6. The summed E-state index contributed by atoms with van der Waals surface area (Å²) in [5.41, 5.74) is 5.36. The van der Waals surface area contributed by atoms with E-state index >= 15 is 0 Å². The average Bonchev–Trinajstić information content (AvgIpc) is 2.12. The molecule has 0 radical (unpaired) electrons. The number of thioether (sulfide) groups is 1. The summed E-state index contributed by atoms with van der Waals surface area (Å²) in [4.78, 5) is 14.3. The van der Waals surface area contributed by atoms with Crippen LogP contribution in [0.4, 0.5) is 0 Å². The highest BCUT2D eigenvalue weighted by atomic mass is 32.2. The van der Waals surface area contributed by atoms with Crippen molar-refractivity contribution in [2.45, 2.75) is 31.3 Å². The summed E-state index contributed by atoms with van der Waals surface area (Å²) in [5, 5.41) is 8.42. The van der Waals surface area contributed by atoms with E-state index in [-0.39, 0.29) is 11.0 Å². The first kappa shape index (κ1) is 12.2. The quantitative estimate of drug-likeness (QED) is 0.736. The maximum atomic E-state index is 11.6. The molecule has 1 aromatic rings. The molecule has 0 atom stereocenters. The average molecular weight is 228 g/mol. The Kier molecular flexibility index (Phi) is 3.87. The second-order valence-electron chi connectivity index (χ2n) is 4.20. The summed E-state index contributed by atoms with van der Waals surface area (Å²) in [7, 11) is 0. The number of nitrogens with one attached hydrogen (secondary N) is 1. The van der Waals surface area contributed by atoms with Gasteiger partial charge in [-0.15, -0.1) is 10.2 Å². The predicted octanol–water partition coefficient (Wildman–Crippen LogP) is 0.513. The fourth-order valence-electron chi connectivity index (χ4n) is 1.03. The van der Waals surface area contributed by atoms with Crippen LogP contribution < -0.4 is 11.3 Å². The second kappa shape index (κ2) is 4.76. The van der Waals surface area contributed by atoms with E-state index in [2.05, 4.69) is 15.2 Å². The highest BCUT2D eigenvalue weighted by Gasteiger charge is 2.20. The van der Waals surface area contributed by atoms with Crippen molar-refractivity contribution in [1.29, 1.82) is 0 Å². The van der Waals surface area contributed by atoms with Gasteiger partial charge < -0.3 is 5.73 Å². The van der Waals surface area contributed by atoms with Crippen LogP contribution in [0.3, 0.4) is 0 Å². The van der Waals surface area contributed by atoms with Crippen LogP contribution in [-0.4, -0.2) is 27.5 Å². The number of rotatable bonds is 3. The first-order chi connectivity index (χ1) is 6.95. The summed E-state index contributed by atoms with van der Waals surface area (Å²) in [6.45, 7) is 6.34. The lowest BCUT2D eigenvalue weighted by atomic mass is 9.93. The Morgan fingerprint density at radius 3 is 2.53 bits per heavy atom. The maximum Gasteiger partial charge on any atom is 0.274 e. The van der Waals surface area contributed by atoms with Gasteiger partial charge in [-0.3, -0.25) is 9.78 Å². The largest absolute Gasteiger partial charge is 0.330 e.